The average Bonchev–Trinajstić information content (AvgIpc) is 2.40. The van der Waals surface area contributed by atoms with Gasteiger partial charge in [0.2, 0.25) is 0 Å². The van der Waals surface area contributed by atoms with Crippen LogP contribution < -0.4 is 4.74 Å². The van der Waals surface area contributed by atoms with E-state index in [1.165, 1.54) is 11.8 Å². The normalized spacial score (nSPS) is 10.2. The van der Waals surface area contributed by atoms with Gasteiger partial charge in [-0.2, -0.15) is 9.97 Å². The molecule has 0 radical (unpaired) electrons. The molecule has 0 saturated carbocycles. The molecule has 1 aromatic heterocycles. The van der Waals surface area contributed by atoms with Gasteiger partial charge in [0.1, 0.15) is 0 Å². The van der Waals surface area contributed by atoms with E-state index in [0.717, 1.165) is 5.56 Å². The van der Waals surface area contributed by atoms with Crippen molar-refractivity contribution in [3.63, 3.8) is 0 Å². The predicted octanol–water partition coefficient (Wildman–Crippen LogP) is 2.66. The number of benzene rings is 1. The molecule has 0 spiro atoms. The third-order valence-electron chi connectivity index (χ3n) is 2.08. The Labute approximate surface area is 104 Å². The van der Waals surface area contributed by atoms with Crippen molar-refractivity contribution in [2.75, 3.05) is 12.9 Å². The summed E-state index contributed by atoms with van der Waals surface area (Å²) in [4.78, 5) is 12.8. The fraction of sp³-hybridized carbons (Fsp3) is 0.250. The lowest BCUT2D eigenvalue weighted by Gasteiger charge is -2.05. The van der Waals surface area contributed by atoms with E-state index in [0.29, 0.717) is 23.6 Å². The largest absolute Gasteiger partial charge is 0.464 e. The van der Waals surface area contributed by atoms with Crippen molar-refractivity contribution < 1.29 is 4.74 Å². The van der Waals surface area contributed by atoms with Crippen molar-refractivity contribution in [3.05, 3.63) is 30.3 Å². The summed E-state index contributed by atoms with van der Waals surface area (Å²) in [5.41, 5.74) is 0.964. The van der Waals surface area contributed by atoms with Gasteiger partial charge in [-0.25, -0.2) is 4.98 Å². The van der Waals surface area contributed by atoms with Gasteiger partial charge in [-0.15, -0.1) is 0 Å². The van der Waals surface area contributed by atoms with E-state index in [2.05, 4.69) is 15.0 Å². The van der Waals surface area contributed by atoms with E-state index in [9.17, 15) is 0 Å². The summed E-state index contributed by atoms with van der Waals surface area (Å²) in [6, 6.07) is 10.2. The van der Waals surface area contributed by atoms with E-state index in [4.69, 9.17) is 4.74 Å². The number of aromatic nitrogens is 3. The first-order chi connectivity index (χ1) is 8.33. The Morgan fingerprint density at radius 3 is 2.53 bits per heavy atom. The van der Waals surface area contributed by atoms with E-state index in [1.54, 1.807) is 0 Å². The number of rotatable bonds is 4. The van der Waals surface area contributed by atoms with E-state index in [1.807, 2.05) is 43.5 Å². The third kappa shape index (κ3) is 2.94. The number of hydrogen-bond acceptors (Lipinski definition) is 5. The summed E-state index contributed by atoms with van der Waals surface area (Å²) in [6.07, 6.45) is 1.93. The predicted molar refractivity (Wildman–Crippen MR) is 68.2 cm³/mol. The zero-order chi connectivity index (χ0) is 12.1. The highest BCUT2D eigenvalue weighted by atomic mass is 32.2. The minimum Gasteiger partial charge on any atom is -0.464 e. The Balaban J connectivity index is 2.43. The lowest BCUT2D eigenvalue weighted by atomic mass is 10.2. The molecule has 0 aliphatic carbocycles. The van der Waals surface area contributed by atoms with Crippen LogP contribution in [0, 0.1) is 0 Å². The Morgan fingerprint density at radius 1 is 1.12 bits per heavy atom. The van der Waals surface area contributed by atoms with Gasteiger partial charge in [0.15, 0.2) is 11.0 Å². The molecular weight excluding hydrogens is 234 g/mol. The highest BCUT2D eigenvalue weighted by Gasteiger charge is 2.08. The zero-order valence-electron chi connectivity index (χ0n) is 9.75. The SMILES string of the molecule is CCOc1nc(SC)nc(-c2ccccc2)n1. The van der Waals surface area contributed by atoms with Crippen molar-refractivity contribution in [2.24, 2.45) is 0 Å². The summed E-state index contributed by atoms with van der Waals surface area (Å²) in [7, 11) is 0. The zero-order valence-corrected chi connectivity index (χ0v) is 10.6. The fourth-order valence-corrected chi connectivity index (χ4v) is 1.69. The van der Waals surface area contributed by atoms with Gasteiger partial charge >= 0.3 is 6.01 Å². The van der Waals surface area contributed by atoms with Gasteiger partial charge in [0.25, 0.3) is 0 Å². The maximum atomic E-state index is 5.33. The Hall–Kier alpha value is -1.62. The number of hydrogen-bond donors (Lipinski definition) is 0. The van der Waals surface area contributed by atoms with Crippen LogP contribution >= 0.6 is 11.8 Å². The maximum absolute atomic E-state index is 5.33. The molecule has 5 heteroatoms. The molecule has 1 heterocycles. The van der Waals surface area contributed by atoms with Gasteiger partial charge in [-0.3, -0.25) is 0 Å². The number of nitrogens with zero attached hydrogens (tertiary/aromatic N) is 3. The van der Waals surface area contributed by atoms with Gasteiger partial charge < -0.3 is 4.74 Å². The summed E-state index contributed by atoms with van der Waals surface area (Å²) in [5, 5.41) is 0.669. The lowest BCUT2D eigenvalue weighted by molar-refractivity contribution is 0.308. The van der Waals surface area contributed by atoms with Gasteiger partial charge in [-0.05, 0) is 13.2 Å². The molecule has 2 rings (SSSR count). The van der Waals surface area contributed by atoms with Crippen LogP contribution in [-0.2, 0) is 0 Å². The van der Waals surface area contributed by atoms with Crippen LogP contribution in [0.15, 0.2) is 35.5 Å². The minimum absolute atomic E-state index is 0.380. The molecule has 0 fully saturated rings. The van der Waals surface area contributed by atoms with Crippen LogP contribution in [0.3, 0.4) is 0 Å². The van der Waals surface area contributed by atoms with E-state index in [-0.39, 0.29) is 0 Å². The molecule has 2 aromatic rings. The molecule has 0 amide bonds. The minimum atomic E-state index is 0.380. The van der Waals surface area contributed by atoms with Gasteiger partial charge in [-0.1, -0.05) is 42.1 Å². The quantitative estimate of drug-likeness (QED) is 0.777. The van der Waals surface area contributed by atoms with E-state index >= 15 is 0 Å². The number of thioether (sulfide) groups is 1. The Morgan fingerprint density at radius 2 is 1.88 bits per heavy atom. The average molecular weight is 247 g/mol. The highest BCUT2D eigenvalue weighted by molar-refractivity contribution is 7.98. The molecule has 4 nitrogen and oxygen atoms in total. The highest BCUT2D eigenvalue weighted by Crippen LogP contribution is 2.19. The van der Waals surface area contributed by atoms with Crippen LogP contribution in [0.5, 0.6) is 6.01 Å². The molecule has 0 atom stereocenters. The van der Waals surface area contributed by atoms with Crippen LogP contribution in [-0.4, -0.2) is 27.8 Å². The van der Waals surface area contributed by atoms with Crippen LogP contribution in [0.4, 0.5) is 0 Å². The molecule has 0 aliphatic heterocycles. The smallest absolute Gasteiger partial charge is 0.320 e. The molecular formula is C12H13N3OS. The topological polar surface area (TPSA) is 47.9 Å². The summed E-state index contributed by atoms with van der Waals surface area (Å²) < 4.78 is 5.33. The molecule has 1 aromatic carbocycles. The molecule has 17 heavy (non-hydrogen) atoms. The van der Waals surface area contributed by atoms with Crippen LogP contribution in [0.1, 0.15) is 6.92 Å². The standard InChI is InChI=1S/C12H13N3OS/c1-3-16-11-13-10(14-12(15-11)17-2)9-7-5-4-6-8-9/h4-8H,3H2,1-2H3. The summed E-state index contributed by atoms with van der Waals surface area (Å²) in [5.74, 6) is 0.647. The van der Waals surface area contributed by atoms with Gasteiger partial charge in [0.05, 0.1) is 6.61 Å². The second-order valence-corrected chi connectivity index (χ2v) is 4.00. The molecule has 0 unspecified atom stereocenters. The Bertz CT molecular complexity index is 490. The van der Waals surface area contributed by atoms with Crippen molar-refractivity contribution in [3.8, 4) is 17.4 Å². The Kier molecular flexibility index (Phi) is 3.93. The monoisotopic (exact) mass is 247 g/mol. The first-order valence-electron chi connectivity index (χ1n) is 5.31. The number of ether oxygens (including phenoxy) is 1. The second-order valence-electron chi connectivity index (χ2n) is 3.23. The fourth-order valence-electron chi connectivity index (χ4n) is 1.34. The maximum Gasteiger partial charge on any atom is 0.320 e. The third-order valence-corrected chi connectivity index (χ3v) is 2.63. The molecule has 0 N–H and O–H groups in total. The molecule has 0 aliphatic rings. The van der Waals surface area contributed by atoms with Crippen molar-refractivity contribution in [1.82, 2.24) is 15.0 Å². The van der Waals surface area contributed by atoms with Crippen LogP contribution in [0.25, 0.3) is 11.4 Å². The van der Waals surface area contributed by atoms with Crippen molar-refractivity contribution in [1.29, 1.82) is 0 Å². The molecule has 0 saturated heterocycles. The van der Waals surface area contributed by atoms with E-state index < -0.39 is 0 Å². The summed E-state index contributed by atoms with van der Waals surface area (Å²) in [6.45, 7) is 2.46. The van der Waals surface area contributed by atoms with Crippen molar-refractivity contribution >= 4 is 11.8 Å². The molecule has 88 valence electrons. The van der Waals surface area contributed by atoms with Crippen LogP contribution in [0.2, 0.25) is 0 Å². The first-order valence-corrected chi connectivity index (χ1v) is 6.54. The van der Waals surface area contributed by atoms with Gasteiger partial charge in [0, 0.05) is 5.56 Å². The second kappa shape index (κ2) is 5.63. The summed E-state index contributed by atoms with van der Waals surface area (Å²) >= 11 is 1.48. The van der Waals surface area contributed by atoms with Crippen molar-refractivity contribution in [2.45, 2.75) is 12.1 Å². The molecule has 0 bridgehead atoms. The first kappa shape index (κ1) is 11.9. The lowest BCUT2D eigenvalue weighted by Crippen LogP contribution is -2.02.